The van der Waals surface area contributed by atoms with E-state index in [2.05, 4.69) is 0 Å². The quantitative estimate of drug-likeness (QED) is 0.817. The average molecular weight is 351 g/mol. The number of halogens is 1. The highest BCUT2D eigenvalue weighted by atomic mass is 19.1. The minimum atomic E-state index is -0.368. The number of rotatable bonds is 5. The number of fused-ring (bicyclic) bond motifs is 1. The molecule has 0 radical (unpaired) electrons. The predicted molar refractivity (Wildman–Crippen MR) is 91.1 cm³/mol. The van der Waals surface area contributed by atoms with Gasteiger partial charge in [0.25, 0.3) is 0 Å². The van der Waals surface area contributed by atoms with Crippen molar-refractivity contribution in [3.8, 4) is 5.75 Å². The van der Waals surface area contributed by atoms with Gasteiger partial charge in [0.15, 0.2) is 0 Å². The standard InChI is InChI=1S/C19H26FNO4/c1-23-13-19-7-3-9-25-17(19)6-8-21(12-19)18(22)10-14-4-5-15(20)11-16(14)24-2/h4-5,11,17H,3,6-10,12-13H2,1-2H3/t17-,19-/m1/s1. The maximum Gasteiger partial charge on any atom is 0.227 e. The van der Waals surface area contributed by atoms with Crippen LogP contribution in [-0.2, 0) is 20.7 Å². The fourth-order valence-electron chi connectivity index (χ4n) is 4.14. The molecule has 0 unspecified atom stereocenters. The highest BCUT2D eigenvalue weighted by Crippen LogP contribution is 2.40. The van der Waals surface area contributed by atoms with Crippen molar-refractivity contribution in [1.29, 1.82) is 0 Å². The Hall–Kier alpha value is -1.66. The molecule has 2 heterocycles. The summed E-state index contributed by atoms with van der Waals surface area (Å²) in [5.74, 6) is 0.0764. The maximum absolute atomic E-state index is 13.3. The largest absolute Gasteiger partial charge is 0.496 e. The molecule has 1 aromatic carbocycles. The van der Waals surface area contributed by atoms with Crippen LogP contribution in [0.25, 0.3) is 0 Å². The molecule has 0 saturated carbocycles. The van der Waals surface area contributed by atoms with Crippen LogP contribution in [-0.4, -0.2) is 57.4 Å². The van der Waals surface area contributed by atoms with Crippen molar-refractivity contribution < 1.29 is 23.4 Å². The van der Waals surface area contributed by atoms with Gasteiger partial charge in [-0.25, -0.2) is 4.39 Å². The molecule has 0 aliphatic carbocycles. The fourth-order valence-corrected chi connectivity index (χ4v) is 4.14. The van der Waals surface area contributed by atoms with E-state index in [1.165, 1.54) is 19.2 Å². The Labute approximate surface area is 148 Å². The van der Waals surface area contributed by atoms with Gasteiger partial charge >= 0.3 is 0 Å². The van der Waals surface area contributed by atoms with Crippen molar-refractivity contribution in [1.82, 2.24) is 4.90 Å². The van der Waals surface area contributed by atoms with Crippen molar-refractivity contribution in [3.05, 3.63) is 29.6 Å². The summed E-state index contributed by atoms with van der Waals surface area (Å²) in [4.78, 5) is 14.7. The molecule has 2 aliphatic heterocycles. The van der Waals surface area contributed by atoms with E-state index in [4.69, 9.17) is 14.2 Å². The number of amides is 1. The fraction of sp³-hybridized carbons (Fsp3) is 0.632. The highest BCUT2D eigenvalue weighted by Gasteiger charge is 2.46. The Bertz CT molecular complexity index is 619. The predicted octanol–water partition coefficient (Wildman–Crippen LogP) is 2.42. The summed E-state index contributed by atoms with van der Waals surface area (Å²) >= 11 is 0. The molecule has 1 aromatic rings. The molecule has 5 nitrogen and oxygen atoms in total. The minimum Gasteiger partial charge on any atom is -0.496 e. The van der Waals surface area contributed by atoms with Crippen LogP contribution >= 0.6 is 0 Å². The van der Waals surface area contributed by atoms with E-state index < -0.39 is 0 Å². The number of methoxy groups -OCH3 is 2. The first-order chi connectivity index (χ1) is 12.1. The van der Waals surface area contributed by atoms with E-state index in [0.717, 1.165) is 25.9 Å². The van der Waals surface area contributed by atoms with E-state index in [-0.39, 0.29) is 29.7 Å². The van der Waals surface area contributed by atoms with Crippen LogP contribution < -0.4 is 4.74 Å². The Balaban J connectivity index is 1.72. The van der Waals surface area contributed by atoms with Gasteiger partial charge in [-0.2, -0.15) is 0 Å². The van der Waals surface area contributed by atoms with Crippen LogP contribution in [0.5, 0.6) is 5.75 Å². The molecule has 2 atom stereocenters. The Kier molecular flexibility index (Phi) is 5.59. The van der Waals surface area contributed by atoms with Crippen molar-refractivity contribution in [2.45, 2.75) is 31.8 Å². The minimum absolute atomic E-state index is 0.0319. The lowest BCUT2D eigenvalue weighted by molar-refractivity contribution is -0.161. The van der Waals surface area contributed by atoms with Crippen molar-refractivity contribution in [2.24, 2.45) is 5.41 Å². The summed E-state index contributed by atoms with van der Waals surface area (Å²) in [5, 5.41) is 0. The lowest BCUT2D eigenvalue weighted by Gasteiger charge is -2.50. The number of ether oxygens (including phenoxy) is 3. The van der Waals surface area contributed by atoms with Crippen molar-refractivity contribution in [3.63, 3.8) is 0 Å². The van der Waals surface area contributed by atoms with E-state index in [9.17, 15) is 9.18 Å². The molecule has 138 valence electrons. The second-order valence-corrected chi connectivity index (χ2v) is 7.00. The Morgan fingerprint density at radius 1 is 1.44 bits per heavy atom. The summed E-state index contributed by atoms with van der Waals surface area (Å²) in [7, 11) is 3.19. The van der Waals surface area contributed by atoms with Crippen LogP contribution in [0.15, 0.2) is 18.2 Å². The monoisotopic (exact) mass is 351 g/mol. The molecule has 25 heavy (non-hydrogen) atoms. The molecule has 2 fully saturated rings. The molecule has 6 heteroatoms. The molecular formula is C19H26FNO4. The molecule has 0 aromatic heterocycles. The van der Waals surface area contributed by atoms with Crippen LogP contribution in [0.3, 0.4) is 0 Å². The number of piperidine rings is 1. The number of hydrogen-bond donors (Lipinski definition) is 0. The topological polar surface area (TPSA) is 48.0 Å². The third kappa shape index (κ3) is 3.80. The molecule has 0 N–H and O–H groups in total. The van der Waals surface area contributed by atoms with Gasteiger partial charge in [-0.15, -0.1) is 0 Å². The maximum atomic E-state index is 13.3. The SMILES string of the molecule is COC[C@]12CCCO[C@@H]1CCN(C(=O)Cc1ccc(F)cc1OC)C2. The third-order valence-corrected chi connectivity index (χ3v) is 5.36. The van der Waals surface area contributed by atoms with Crippen LogP contribution in [0.2, 0.25) is 0 Å². The Morgan fingerprint density at radius 2 is 2.28 bits per heavy atom. The van der Waals surface area contributed by atoms with Gasteiger partial charge in [0.1, 0.15) is 11.6 Å². The van der Waals surface area contributed by atoms with Gasteiger partial charge in [0.2, 0.25) is 5.91 Å². The number of nitrogens with zero attached hydrogens (tertiary/aromatic N) is 1. The molecule has 0 spiro atoms. The summed E-state index contributed by atoms with van der Waals surface area (Å²) in [6, 6.07) is 4.29. The number of carbonyl (C=O) groups excluding carboxylic acids is 1. The molecule has 1 amide bonds. The lowest BCUT2D eigenvalue weighted by atomic mass is 9.73. The van der Waals surface area contributed by atoms with Crippen LogP contribution in [0.1, 0.15) is 24.8 Å². The zero-order valence-electron chi connectivity index (χ0n) is 14.9. The second kappa shape index (κ2) is 7.70. The second-order valence-electron chi connectivity index (χ2n) is 7.00. The number of carbonyl (C=O) groups is 1. The van der Waals surface area contributed by atoms with E-state index in [1.807, 2.05) is 4.90 Å². The number of hydrogen-bond acceptors (Lipinski definition) is 4. The molecule has 0 bridgehead atoms. The van der Waals surface area contributed by atoms with Crippen molar-refractivity contribution >= 4 is 5.91 Å². The average Bonchev–Trinajstić information content (AvgIpc) is 2.62. The van der Waals surface area contributed by atoms with Gasteiger partial charge in [0, 0.05) is 43.9 Å². The lowest BCUT2D eigenvalue weighted by Crippen LogP contribution is -2.58. The first kappa shape index (κ1) is 18.1. The number of likely N-dealkylation sites (tertiary alicyclic amines) is 1. The first-order valence-electron chi connectivity index (χ1n) is 8.79. The van der Waals surface area contributed by atoms with E-state index in [1.54, 1.807) is 13.2 Å². The Morgan fingerprint density at radius 3 is 3.04 bits per heavy atom. The zero-order valence-corrected chi connectivity index (χ0v) is 14.9. The van der Waals surface area contributed by atoms with E-state index in [0.29, 0.717) is 31.0 Å². The number of benzene rings is 1. The summed E-state index contributed by atoms with van der Waals surface area (Å²) in [6.45, 7) is 2.71. The van der Waals surface area contributed by atoms with Gasteiger partial charge in [-0.1, -0.05) is 6.07 Å². The molecular weight excluding hydrogens is 325 g/mol. The van der Waals surface area contributed by atoms with Crippen LogP contribution in [0.4, 0.5) is 4.39 Å². The van der Waals surface area contributed by atoms with Gasteiger partial charge in [-0.05, 0) is 25.3 Å². The smallest absolute Gasteiger partial charge is 0.227 e. The van der Waals surface area contributed by atoms with Gasteiger partial charge in [-0.3, -0.25) is 4.79 Å². The normalized spacial score (nSPS) is 26.2. The molecule has 2 saturated heterocycles. The van der Waals surface area contributed by atoms with E-state index >= 15 is 0 Å². The van der Waals surface area contributed by atoms with Gasteiger partial charge in [0.05, 0.1) is 26.2 Å². The molecule has 2 aliphatic rings. The van der Waals surface area contributed by atoms with Crippen molar-refractivity contribution in [2.75, 3.05) is 40.5 Å². The van der Waals surface area contributed by atoms with Gasteiger partial charge < -0.3 is 19.1 Å². The summed E-state index contributed by atoms with van der Waals surface area (Å²) < 4.78 is 30.0. The first-order valence-corrected chi connectivity index (χ1v) is 8.79. The zero-order chi connectivity index (χ0) is 17.9. The molecule has 3 rings (SSSR count). The summed E-state index contributed by atoms with van der Waals surface area (Å²) in [6.07, 6.45) is 3.20. The third-order valence-electron chi connectivity index (χ3n) is 5.36. The van der Waals surface area contributed by atoms with Crippen LogP contribution in [0, 0.1) is 11.2 Å². The summed E-state index contributed by atoms with van der Waals surface area (Å²) in [5.41, 5.74) is 0.588. The highest BCUT2D eigenvalue weighted by molar-refractivity contribution is 5.79.